The quantitative estimate of drug-likeness (QED) is 0.360. The Hall–Kier alpha value is -1.22. The molecule has 0 unspecified atom stereocenters. The van der Waals surface area contributed by atoms with Crippen molar-refractivity contribution in [1.82, 2.24) is 10.7 Å². The van der Waals surface area contributed by atoms with E-state index in [1.54, 1.807) is 13.3 Å². The summed E-state index contributed by atoms with van der Waals surface area (Å²) in [6.07, 6.45) is 1.71. The van der Waals surface area contributed by atoms with Crippen LogP contribution in [-0.4, -0.2) is 57.8 Å². The van der Waals surface area contributed by atoms with Gasteiger partial charge < -0.3 is 19.7 Å². The van der Waals surface area contributed by atoms with Crippen molar-refractivity contribution in [2.24, 2.45) is 5.10 Å². The molecule has 1 aliphatic rings. The number of hydrazone groups is 1. The summed E-state index contributed by atoms with van der Waals surface area (Å²) >= 11 is 8.65. The molecule has 2 rings (SSSR count). The van der Waals surface area contributed by atoms with E-state index in [-0.39, 0.29) is 0 Å². The summed E-state index contributed by atoms with van der Waals surface area (Å²) < 4.78 is 11.4. The first-order chi connectivity index (χ1) is 11.2. The molecule has 1 aliphatic heterocycles. The summed E-state index contributed by atoms with van der Waals surface area (Å²) in [4.78, 5) is 1.54. The van der Waals surface area contributed by atoms with E-state index in [4.69, 9.17) is 21.7 Å². The van der Waals surface area contributed by atoms with Gasteiger partial charge in [-0.05, 0) is 51.9 Å². The third kappa shape index (κ3) is 6.42. The Morgan fingerprint density at radius 3 is 2.96 bits per heavy atom. The van der Waals surface area contributed by atoms with Crippen molar-refractivity contribution in [2.75, 3.05) is 46.5 Å². The number of quaternary nitrogens is 1. The fourth-order valence-corrected chi connectivity index (χ4v) is 2.94. The third-order valence-electron chi connectivity index (χ3n) is 3.52. The lowest BCUT2D eigenvalue weighted by atomic mass is 10.2. The van der Waals surface area contributed by atoms with Crippen LogP contribution in [0.5, 0.6) is 5.75 Å². The highest BCUT2D eigenvalue weighted by atomic mass is 79.9. The van der Waals surface area contributed by atoms with E-state index in [1.807, 2.05) is 18.2 Å². The van der Waals surface area contributed by atoms with E-state index in [2.05, 4.69) is 31.8 Å². The fraction of sp³-hybridized carbons (Fsp3) is 0.467. The van der Waals surface area contributed by atoms with Gasteiger partial charge in [0.2, 0.25) is 0 Å². The molecule has 0 bridgehead atoms. The van der Waals surface area contributed by atoms with Crippen molar-refractivity contribution in [3.63, 3.8) is 0 Å². The standard InChI is InChI=1S/C15H21BrN4O2S/c1-21-14-3-2-12(10-13(14)16)11-18-19-15(23)17-4-5-20-6-8-22-9-7-20/h2-3,10-11H,4-9H2,1H3,(H2,17,19,23)/p+1/b18-11-. The van der Waals surface area contributed by atoms with Crippen LogP contribution in [0.3, 0.4) is 0 Å². The average molecular weight is 402 g/mol. The molecule has 0 aromatic heterocycles. The lowest BCUT2D eigenvalue weighted by Gasteiger charge is -2.23. The van der Waals surface area contributed by atoms with Crippen molar-refractivity contribution in [3.8, 4) is 5.75 Å². The number of hydrogen-bond acceptors (Lipinski definition) is 4. The zero-order valence-electron chi connectivity index (χ0n) is 13.1. The molecule has 1 aromatic rings. The van der Waals surface area contributed by atoms with Crippen LogP contribution in [0.25, 0.3) is 0 Å². The molecule has 3 N–H and O–H groups in total. The second-order valence-electron chi connectivity index (χ2n) is 5.13. The summed E-state index contributed by atoms with van der Waals surface area (Å²) in [7, 11) is 1.64. The summed E-state index contributed by atoms with van der Waals surface area (Å²) in [6.45, 7) is 5.67. The number of halogens is 1. The molecule has 1 saturated heterocycles. The molecule has 23 heavy (non-hydrogen) atoms. The molecule has 1 aromatic carbocycles. The van der Waals surface area contributed by atoms with E-state index in [9.17, 15) is 0 Å². The number of hydrogen-bond donors (Lipinski definition) is 3. The number of nitrogens with one attached hydrogen (secondary N) is 3. The van der Waals surface area contributed by atoms with Gasteiger partial charge in [-0.3, -0.25) is 5.43 Å². The number of rotatable bonds is 6. The third-order valence-corrected chi connectivity index (χ3v) is 4.37. The molecule has 0 aliphatic carbocycles. The minimum atomic E-state index is 0.529. The molecule has 0 radical (unpaired) electrons. The Labute approximate surface area is 150 Å². The van der Waals surface area contributed by atoms with Crippen molar-refractivity contribution < 1.29 is 14.4 Å². The second kappa shape index (κ2) is 9.82. The van der Waals surface area contributed by atoms with E-state index in [0.29, 0.717) is 5.11 Å². The van der Waals surface area contributed by atoms with Crippen LogP contribution in [0.4, 0.5) is 0 Å². The molecule has 6 nitrogen and oxygen atoms in total. The van der Waals surface area contributed by atoms with Crippen LogP contribution in [0.1, 0.15) is 5.56 Å². The minimum Gasteiger partial charge on any atom is -0.496 e. The summed E-state index contributed by atoms with van der Waals surface area (Å²) in [5.74, 6) is 0.790. The van der Waals surface area contributed by atoms with Crippen LogP contribution in [0, 0.1) is 0 Å². The van der Waals surface area contributed by atoms with Crippen LogP contribution in [0.2, 0.25) is 0 Å². The smallest absolute Gasteiger partial charge is 0.187 e. The van der Waals surface area contributed by atoms with E-state index >= 15 is 0 Å². The van der Waals surface area contributed by atoms with Crippen molar-refractivity contribution in [2.45, 2.75) is 0 Å². The number of benzene rings is 1. The highest BCUT2D eigenvalue weighted by Gasteiger charge is 2.12. The van der Waals surface area contributed by atoms with Crippen LogP contribution >= 0.6 is 28.1 Å². The first-order valence-corrected chi connectivity index (χ1v) is 8.71. The Morgan fingerprint density at radius 2 is 2.26 bits per heavy atom. The van der Waals surface area contributed by atoms with Gasteiger partial charge in [0.1, 0.15) is 18.8 Å². The Balaban J connectivity index is 1.68. The van der Waals surface area contributed by atoms with E-state index in [1.165, 1.54) is 4.90 Å². The monoisotopic (exact) mass is 401 g/mol. The molecule has 0 atom stereocenters. The van der Waals surface area contributed by atoms with Crippen molar-refractivity contribution >= 4 is 39.5 Å². The van der Waals surface area contributed by atoms with E-state index in [0.717, 1.165) is 55.2 Å². The minimum absolute atomic E-state index is 0.529. The van der Waals surface area contributed by atoms with Crippen LogP contribution in [0.15, 0.2) is 27.8 Å². The topological polar surface area (TPSA) is 59.3 Å². The molecule has 0 amide bonds. The maximum Gasteiger partial charge on any atom is 0.187 e. The summed E-state index contributed by atoms with van der Waals surface area (Å²) in [5, 5.41) is 7.83. The van der Waals surface area contributed by atoms with Gasteiger partial charge in [-0.1, -0.05) is 0 Å². The zero-order chi connectivity index (χ0) is 16.5. The second-order valence-corrected chi connectivity index (χ2v) is 6.39. The highest BCUT2D eigenvalue weighted by molar-refractivity contribution is 9.10. The average Bonchev–Trinajstić information content (AvgIpc) is 2.56. The fourth-order valence-electron chi connectivity index (χ4n) is 2.23. The Morgan fingerprint density at radius 1 is 1.48 bits per heavy atom. The first kappa shape index (κ1) is 18.1. The number of methoxy groups -OCH3 is 1. The van der Waals surface area contributed by atoms with Crippen molar-refractivity contribution in [1.29, 1.82) is 0 Å². The number of ether oxygens (including phenoxy) is 2. The SMILES string of the molecule is COc1ccc(/C=N\NC(=S)NCC[NH+]2CCOCC2)cc1Br. The maximum atomic E-state index is 5.34. The molecular formula is C15H22BrN4O2S+. The van der Waals surface area contributed by atoms with E-state index < -0.39 is 0 Å². The number of morpholine rings is 1. The van der Waals surface area contributed by atoms with Crippen LogP contribution in [-0.2, 0) is 4.74 Å². The van der Waals surface area contributed by atoms with Crippen molar-refractivity contribution in [3.05, 3.63) is 28.2 Å². The number of nitrogens with zero attached hydrogens (tertiary/aromatic N) is 1. The Bertz CT molecular complexity index is 550. The Kier molecular flexibility index (Phi) is 7.73. The van der Waals surface area contributed by atoms with Crippen LogP contribution < -0.4 is 20.4 Å². The lowest BCUT2D eigenvalue weighted by Crippen LogP contribution is -3.14. The predicted molar refractivity (Wildman–Crippen MR) is 98.4 cm³/mol. The van der Waals surface area contributed by atoms with Gasteiger partial charge in [-0.2, -0.15) is 5.10 Å². The molecule has 126 valence electrons. The van der Waals surface area contributed by atoms with Gasteiger partial charge in [0.05, 0.1) is 44.1 Å². The van der Waals surface area contributed by atoms with Gasteiger partial charge in [0, 0.05) is 0 Å². The molecule has 0 spiro atoms. The molecule has 8 heteroatoms. The molecule has 1 fully saturated rings. The van der Waals surface area contributed by atoms with Gasteiger partial charge in [0.15, 0.2) is 5.11 Å². The normalized spacial score (nSPS) is 15.6. The lowest BCUT2D eigenvalue weighted by molar-refractivity contribution is -0.906. The predicted octanol–water partition coefficient (Wildman–Crippen LogP) is 0.171. The number of thiocarbonyl (C=S) groups is 1. The van der Waals surface area contributed by atoms with Gasteiger partial charge in [-0.25, -0.2) is 0 Å². The molecule has 0 saturated carbocycles. The largest absolute Gasteiger partial charge is 0.496 e. The maximum absolute atomic E-state index is 5.34. The van der Waals surface area contributed by atoms with Gasteiger partial charge in [-0.15, -0.1) is 0 Å². The van der Waals surface area contributed by atoms with Gasteiger partial charge in [0.25, 0.3) is 0 Å². The van der Waals surface area contributed by atoms with Gasteiger partial charge >= 0.3 is 0 Å². The zero-order valence-corrected chi connectivity index (χ0v) is 15.5. The molecule has 1 heterocycles. The first-order valence-electron chi connectivity index (χ1n) is 7.51. The highest BCUT2D eigenvalue weighted by Crippen LogP contribution is 2.24. The summed E-state index contributed by atoms with van der Waals surface area (Å²) in [6, 6.07) is 5.74. The molecular weight excluding hydrogens is 380 g/mol. The summed E-state index contributed by atoms with van der Waals surface area (Å²) in [5.41, 5.74) is 3.78.